The Morgan fingerprint density at radius 1 is 1.25 bits per heavy atom. The van der Waals surface area contributed by atoms with Crippen molar-refractivity contribution in [3.05, 3.63) is 0 Å². The normalized spacial score (nSPS) is 38.2. The molecule has 1 saturated carbocycles. The van der Waals surface area contributed by atoms with E-state index in [1.165, 1.54) is 0 Å². The summed E-state index contributed by atoms with van der Waals surface area (Å²) in [7, 11) is 0. The van der Waals surface area contributed by atoms with E-state index in [9.17, 15) is 13.2 Å². The van der Waals surface area contributed by atoms with E-state index in [0.717, 1.165) is 0 Å². The van der Waals surface area contributed by atoms with Gasteiger partial charge in [0, 0.05) is 5.38 Å². The Balaban J connectivity index is 2.51. The molecule has 0 aromatic carbocycles. The molecule has 0 spiro atoms. The molecule has 0 aromatic heterocycles. The van der Waals surface area contributed by atoms with Gasteiger partial charge in [-0.3, -0.25) is 0 Å². The third kappa shape index (κ3) is 2.28. The Kier molecular flexibility index (Phi) is 2.92. The second kappa shape index (κ2) is 3.44. The van der Waals surface area contributed by atoms with Gasteiger partial charge < -0.3 is 0 Å². The van der Waals surface area contributed by atoms with Crippen molar-refractivity contribution in [1.82, 2.24) is 0 Å². The lowest BCUT2D eigenvalue weighted by Crippen LogP contribution is -2.32. The highest BCUT2D eigenvalue weighted by Crippen LogP contribution is 2.41. The van der Waals surface area contributed by atoms with Crippen molar-refractivity contribution in [1.29, 1.82) is 0 Å². The minimum absolute atomic E-state index is 0.0895. The Morgan fingerprint density at radius 3 is 2.25 bits per heavy atom. The van der Waals surface area contributed by atoms with Crippen molar-refractivity contribution >= 4 is 11.6 Å². The second-order valence-corrected chi connectivity index (χ2v) is 4.11. The zero-order valence-electron chi connectivity index (χ0n) is 6.87. The van der Waals surface area contributed by atoms with E-state index >= 15 is 0 Å². The lowest BCUT2D eigenvalue weighted by molar-refractivity contribution is -0.183. The maximum absolute atomic E-state index is 12.2. The van der Waals surface area contributed by atoms with E-state index in [2.05, 4.69) is 0 Å². The quantitative estimate of drug-likeness (QED) is 0.525. The lowest BCUT2D eigenvalue weighted by Gasteiger charge is -2.31. The predicted molar refractivity (Wildman–Crippen MR) is 42.2 cm³/mol. The fraction of sp³-hybridized carbons (Fsp3) is 1.00. The number of alkyl halides is 4. The first-order valence-electron chi connectivity index (χ1n) is 4.12. The molecule has 0 heterocycles. The minimum Gasteiger partial charge on any atom is -0.171 e. The van der Waals surface area contributed by atoms with Gasteiger partial charge in [0.25, 0.3) is 0 Å². The largest absolute Gasteiger partial charge is 0.391 e. The molecule has 1 rings (SSSR count). The molecular weight excluding hydrogens is 189 g/mol. The highest BCUT2D eigenvalue weighted by molar-refractivity contribution is 6.20. The summed E-state index contributed by atoms with van der Waals surface area (Å²) in [4.78, 5) is 0. The average Bonchev–Trinajstić information content (AvgIpc) is 1.92. The smallest absolute Gasteiger partial charge is 0.171 e. The molecule has 0 amide bonds. The Labute approximate surface area is 75.1 Å². The molecule has 3 unspecified atom stereocenters. The van der Waals surface area contributed by atoms with Gasteiger partial charge in [-0.05, 0) is 25.2 Å². The van der Waals surface area contributed by atoms with Crippen LogP contribution in [0.3, 0.4) is 0 Å². The topological polar surface area (TPSA) is 0 Å². The molecule has 1 aliphatic carbocycles. The van der Waals surface area contributed by atoms with E-state index in [0.29, 0.717) is 6.42 Å². The van der Waals surface area contributed by atoms with E-state index in [1.807, 2.05) is 6.92 Å². The van der Waals surface area contributed by atoms with Gasteiger partial charge in [0.15, 0.2) is 0 Å². The van der Waals surface area contributed by atoms with Gasteiger partial charge in [0.2, 0.25) is 0 Å². The summed E-state index contributed by atoms with van der Waals surface area (Å²) < 4.78 is 36.5. The summed E-state index contributed by atoms with van der Waals surface area (Å²) in [6, 6.07) is 0. The van der Waals surface area contributed by atoms with Gasteiger partial charge >= 0.3 is 6.18 Å². The number of halogens is 4. The van der Waals surface area contributed by atoms with Crippen LogP contribution in [0.5, 0.6) is 0 Å². The molecule has 12 heavy (non-hydrogen) atoms. The van der Waals surface area contributed by atoms with E-state index < -0.39 is 12.1 Å². The standard InChI is InChI=1S/C8H12ClF3/c1-5-2-3-6(4-7(5)9)8(10,11)12/h5-7H,2-4H2,1H3. The van der Waals surface area contributed by atoms with Crippen LogP contribution in [0, 0.1) is 11.8 Å². The van der Waals surface area contributed by atoms with Gasteiger partial charge in [-0.1, -0.05) is 6.92 Å². The predicted octanol–water partition coefficient (Wildman–Crippen LogP) is 3.59. The zero-order chi connectivity index (χ0) is 9.35. The van der Waals surface area contributed by atoms with Crippen molar-refractivity contribution in [3.8, 4) is 0 Å². The van der Waals surface area contributed by atoms with Crippen LogP contribution in [-0.2, 0) is 0 Å². The third-order valence-electron chi connectivity index (χ3n) is 2.56. The van der Waals surface area contributed by atoms with Gasteiger partial charge in [-0.2, -0.15) is 13.2 Å². The molecule has 0 nitrogen and oxygen atoms in total. The Bertz CT molecular complexity index is 155. The SMILES string of the molecule is CC1CCC(C(F)(F)F)CC1Cl. The van der Waals surface area contributed by atoms with Crippen LogP contribution in [0.2, 0.25) is 0 Å². The Morgan fingerprint density at radius 2 is 1.83 bits per heavy atom. The molecule has 3 atom stereocenters. The first-order chi connectivity index (χ1) is 5.41. The molecule has 4 heteroatoms. The van der Waals surface area contributed by atoms with Crippen molar-refractivity contribution in [2.45, 2.75) is 37.7 Å². The van der Waals surface area contributed by atoms with Crippen molar-refractivity contribution < 1.29 is 13.2 Å². The maximum Gasteiger partial charge on any atom is 0.391 e. The molecule has 1 aliphatic rings. The summed E-state index contributed by atoms with van der Waals surface area (Å²) in [5.74, 6) is -0.943. The minimum atomic E-state index is -4.05. The summed E-state index contributed by atoms with van der Waals surface area (Å²) in [5, 5.41) is -0.301. The first-order valence-corrected chi connectivity index (χ1v) is 4.55. The van der Waals surface area contributed by atoms with Crippen LogP contribution in [-0.4, -0.2) is 11.6 Å². The first kappa shape index (κ1) is 10.2. The highest BCUT2D eigenvalue weighted by Gasteiger charge is 2.43. The lowest BCUT2D eigenvalue weighted by atomic mass is 9.82. The molecule has 1 fully saturated rings. The molecule has 0 radical (unpaired) electrons. The molecule has 0 N–H and O–H groups in total. The van der Waals surface area contributed by atoms with Gasteiger partial charge in [-0.15, -0.1) is 11.6 Å². The molecule has 0 aromatic rings. The van der Waals surface area contributed by atoms with Crippen LogP contribution < -0.4 is 0 Å². The van der Waals surface area contributed by atoms with Crippen LogP contribution in [0.25, 0.3) is 0 Å². The second-order valence-electron chi connectivity index (χ2n) is 3.54. The van der Waals surface area contributed by atoms with Crippen LogP contribution >= 0.6 is 11.6 Å². The van der Waals surface area contributed by atoms with Crippen LogP contribution in [0.1, 0.15) is 26.2 Å². The van der Waals surface area contributed by atoms with E-state index in [4.69, 9.17) is 11.6 Å². The molecule has 0 saturated heterocycles. The van der Waals surface area contributed by atoms with E-state index in [-0.39, 0.29) is 24.1 Å². The maximum atomic E-state index is 12.2. The average molecular weight is 201 g/mol. The highest BCUT2D eigenvalue weighted by atomic mass is 35.5. The summed E-state index contributed by atoms with van der Waals surface area (Å²) in [6.07, 6.45) is -3.12. The van der Waals surface area contributed by atoms with Gasteiger partial charge in [0.1, 0.15) is 0 Å². The van der Waals surface area contributed by atoms with Crippen LogP contribution in [0.4, 0.5) is 13.2 Å². The fourth-order valence-electron chi connectivity index (χ4n) is 1.56. The fourth-order valence-corrected chi connectivity index (χ4v) is 1.91. The van der Waals surface area contributed by atoms with Gasteiger partial charge in [0.05, 0.1) is 5.92 Å². The van der Waals surface area contributed by atoms with E-state index in [1.54, 1.807) is 0 Å². The summed E-state index contributed by atoms with van der Waals surface area (Å²) in [5.41, 5.74) is 0. The number of hydrogen-bond acceptors (Lipinski definition) is 0. The van der Waals surface area contributed by atoms with Crippen molar-refractivity contribution in [2.75, 3.05) is 0 Å². The molecule has 0 bridgehead atoms. The van der Waals surface area contributed by atoms with Crippen molar-refractivity contribution in [3.63, 3.8) is 0 Å². The molecule has 0 aliphatic heterocycles. The number of rotatable bonds is 0. The Hall–Kier alpha value is 0.0800. The van der Waals surface area contributed by atoms with Crippen LogP contribution in [0.15, 0.2) is 0 Å². The monoisotopic (exact) mass is 200 g/mol. The zero-order valence-corrected chi connectivity index (χ0v) is 7.62. The van der Waals surface area contributed by atoms with Gasteiger partial charge in [-0.25, -0.2) is 0 Å². The molecular formula is C8H12ClF3. The summed E-state index contributed by atoms with van der Waals surface area (Å²) in [6.45, 7) is 1.91. The van der Waals surface area contributed by atoms with Crippen molar-refractivity contribution in [2.24, 2.45) is 11.8 Å². The molecule has 72 valence electrons. The third-order valence-corrected chi connectivity index (χ3v) is 3.17. The number of hydrogen-bond donors (Lipinski definition) is 0. The summed E-state index contributed by atoms with van der Waals surface area (Å²) >= 11 is 5.77.